The Morgan fingerprint density at radius 3 is 1.43 bits per heavy atom. The number of phenols is 2. The molecule has 2 aromatic carbocycles. The summed E-state index contributed by atoms with van der Waals surface area (Å²) in [6.45, 7) is 8.02. The second kappa shape index (κ2) is 6.01. The van der Waals surface area contributed by atoms with Crippen LogP contribution in [0.5, 0.6) is 11.5 Å². The van der Waals surface area contributed by atoms with Crippen molar-refractivity contribution in [2.24, 2.45) is 0 Å². The highest BCUT2D eigenvalue weighted by Crippen LogP contribution is 2.39. The van der Waals surface area contributed by atoms with Crippen molar-refractivity contribution in [3.8, 4) is 11.5 Å². The van der Waals surface area contributed by atoms with Crippen LogP contribution in [0.2, 0.25) is 0 Å². The molecule has 2 nitrogen and oxygen atoms in total. The van der Waals surface area contributed by atoms with Gasteiger partial charge in [0.25, 0.3) is 0 Å². The first-order chi connectivity index (χ1) is 9.73. The van der Waals surface area contributed by atoms with E-state index < -0.39 is 0 Å². The summed E-state index contributed by atoms with van der Waals surface area (Å²) in [6.07, 6.45) is 0.496. The molecule has 2 N–H and O–H groups in total. The van der Waals surface area contributed by atoms with Gasteiger partial charge in [0.2, 0.25) is 0 Å². The molecule has 2 rings (SSSR count). The quantitative estimate of drug-likeness (QED) is 0.687. The van der Waals surface area contributed by atoms with E-state index in [4.69, 9.17) is 0 Å². The van der Waals surface area contributed by atoms with Crippen molar-refractivity contribution >= 4 is 31.9 Å². The minimum Gasteiger partial charge on any atom is -0.506 e. The van der Waals surface area contributed by atoms with Crippen LogP contribution in [-0.2, 0) is 6.42 Å². The lowest BCUT2D eigenvalue weighted by Crippen LogP contribution is -2.00. The Kier molecular flexibility index (Phi) is 4.69. The Morgan fingerprint density at radius 2 is 1.10 bits per heavy atom. The molecule has 0 aliphatic rings. The van der Waals surface area contributed by atoms with E-state index in [0.29, 0.717) is 15.4 Å². The summed E-state index contributed by atoms with van der Waals surface area (Å²) in [7, 11) is 0. The average molecular weight is 414 g/mol. The number of aromatic hydroxyl groups is 2. The van der Waals surface area contributed by atoms with Crippen LogP contribution < -0.4 is 0 Å². The molecule has 21 heavy (non-hydrogen) atoms. The maximum atomic E-state index is 10.3. The second-order valence-electron chi connectivity index (χ2n) is 5.43. The highest BCUT2D eigenvalue weighted by molar-refractivity contribution is 9.10. The SMILES string of the molecule is Cc1cc(Br)c(O)c(Cc2c(C)c(C)cc(Br)c2O)c1C. The molecule has 0 atom stereocenters. The van der Waals surface area contributed by atoms with Crippen molar-refractivity contribution in [3.05, 3.63) is 54.5 Å². The van der Waals surface area contributed by atoms with Crippen molar-refractivity contribution in [2.45, 2.75) is 34.1 Å². The highest BCUT2D eigenvalue weighted by atomic mass is 79.9. The summed E-state index contributed by atoms with van der Waals surface area (Å²) in [5.74, 6) is 0.490. The average Bonchev–Trinajstić information content (AvgIpc) is 2.42. The van der Waals surface area contributed by atoms with Gasteiger partial charge in [-0.3, -0.25) is 0 Å². The van der Waals surface area contributed by atoms with Gasteiger partial charge in [0.15, 0.2) is 0 Å². The highest BCUT2D eigenvalue weighted by Gasteiger charge is 2.17. The molecule has 0 radical (unpaired) electrons. The van der Waals surface area contributed by atoms with Crippen molar-refractivity contribution < 1.29 is 10.2 Å². The van der Waals surface area contributed by atoms with Crippen LogP contribution in [0.3, 0.4) is 0 Å². The molecule has 0 saturated heterocycles. The van der Waals surface area contributed by atoms with Crippen LogP contribution in [-0.4, -0.2) is 10.2 Å². The summed E-state index contributed by atoms with van der Waals surface area (Å²) in [4.78, 5) is 0. The lowest BCUT2D eigenvalue weighted by atomic mass is 9.92. The minimum atomic E-state index is 0.245. The summed E-state index contributed by atoms with van der Waals surface area (Å²) in [6, 6.07) is 3.82. The van der Waals surface area contributed by atoms with E-state index in [-0.39, 0.29) is 11.5 Å². The molecule has 0 amide bonds. The molecular formula is C17H18Br2O2. The number of phenolic OH excluding ortho intramolecular Hbond substituents is 2. The van der Waals surface area contributed by atoms with E-state index in [0.717, 1.165) is 33.4 Å². The van der Waals surface area contributed by atoms with Gasteiger partial charge in [-0.25, -0.2) is 0 Å². The van der Waals surface area contributed by atoms with E-state index in [1.807, 2.05) is 39.8 Å². The fourth-order valence-corrected chi connectivity index (χ4v) is 3.63. The second-order valence-corrected chi connectivity index (χ2v) is 7.14. The largest absolute Gasteiger partial charge is 0.506 e. The van der Waals surface area contributed by atoms with Crippen LogP contribution in [0.25, 0.3) is 0 Å². The smallest absolute Gasteiger partial charge is 0.133 e. The fraction of sp³-hybridized carbons (Fsp3) is 0.294. The lowest BCUT2D eigenvalue weighted by molar-refractivity contribution is 0.458. The van der Waals surface area contributed by atoms with E-state index >= 15 is 0 Å². The van der Waals surface area contributed by atoms with Gasteiger partial charge in [-0.05, 0) is 93.9 Å². The number of hydrogen-bond donors (Lipinski definition) is 2. The molecule has 0 fully saturated rings. The van der Waals surface area contributed by atoms with Gasteiger partial charge in [0.1, 0.15) is 11.5 Å². The Morgan fingerprint density at radius 1 is 0.762 bits per heavy atom. The van der Waals surface area contributed by atoms with Crippen LogP contribution in [0, 0.1) is 27.7 Å². The molecular weight excluding hydrogens is 396 g/mol. The lowest BCUT2D eigenvalue weighted by Gasteiger charge is -2.17. The molecule has 0 unspecified atom stereocenters. The maximum absolute atomic E-state index is 10.3. The van der Waals surface area contributed by atoms with Gasteiger partial charge in [0, 0.05) is 17.5 Å². The molecule has 0 bridgehead atoms. The van der Waals surface area contributed by atoms with E-state index in [1.165, 1.54) is 0 Å². The van der Waals surface area contributed by atoms with Crippen LogP contribution in [0.1, 0.15) is 33.4 Å². The topological polar surface area (TPSA) is 40.5 Å². The normalized spacial score (nSPS) is 11.0. The molecule has 2 aromatic rings. The summed E-state index contributed by atoms with van der Waals surface area (Å²) in [5, 5.41) is 20.7. The third kappa shape index (κ3) is 2.97. The van der Waals surface area contributed by atoms with Crippen LogP contribution >= 0.6 is 31.9 Å². The zero-order chi connectivity index (χ0) is 15.9. The van der Waals surface area contributed by atoms with Crippen molar-refractivity contribution in [3.63, 3.8) is 0 Å². The molecule has 0 aliphatic heterocycles. The van der Waals surface area contributed by atoms with Gasteiger partial charge in [0.05, 0.1) is 8.95 Å². The molecule has 0 aliphatic carbocycles. The van der Waals surface area contributed by atoms with E-state index in [2.05, 4.69) is 31.9 Å². The third-order valence-electron chi connectivity index (χ3n) is 4.15. The van der Waals surface area contributed by atoms with Crippen molar-refractivity contribution in [1.82, 2.24) is 0 Å². The Balaban J connectivity index is 2.64. The predicted molar refractivity (Wildman–Crippen MR) is 93.4 cm³/mol. The molecule has 0 heterocycles. The van der Waals surface area contributed by atoms with Crippen molar-refractivity contribution in [2.75, 3.05) is 0 Å². The summed E-state index contributed by atoms with van der Waals surface area (Å²) in [5.41, 5.74) is 6.01. The van der Waals surface area contributed by atoms with E-state index in [1.54, 1.807) is 0 Å². The third-order valence-corrected chi connectivity index (χ3v) is 5.36. The van der Waals surface area contributed by atoms with Crippen LogP contribution in [0.15, 0.2) is 21.1 Å². The van der Waals surface area contributed by atoms with Gasteiger partial charge < -0.3 is 10.2 Å². The number of benzene rings is 2. The Hall–Kier alpha value is -1.00. The number of aryl methyl sites for hydroxylation is 2. The number of halogens is 2. The standard InChI is InChI=1S/C17H18Br2O2/c1-8-5-14(18)16(20)12(10(8)3)7-13-11(4)9(2)6-15(19)17(13)21/h5-6,20-21H,7H2,1-4H3. The molecule has 0 aromatic heterocycles. The minimum absolute atomic E-state index is 0.245. The molecule has 0 saturated carbocycles. The molecule has 0 spiro atoms. The zero-order valence-corrected chi connectivity index (χ0v) is 15.7. The predicted octanol–water partition coefficient (Wildman–Crippen LogP) is 5.45. The zero-order valence-electron chi connectivity index (χ0n) is 12.5. The Labute approximate surface area is 142 Å². The van der Waals surface area contributed by atoms with E-state index in [9.17, 15) is 10.2 Å². The first-order valence-electron chi connectivity index (χ1n) is 6.69. The van der Waals surface area contributed by atoms with Gasteiger partial charge in [-0.1, -0.05) is 0 Å². The van der Waals surface area contributed by atoms with Crippen molar-refractivity contribution in [1.29, 1.82) is 0 Å². The molecule has 4 heteroatoms. The molecule has 112 valence electrons. The first kappa shape index (κ1) is 16.4. The van der Waals surface area contributed by atoms with Gasteiger partial charge >= 0.3 is 0 Å². The van der Waals surface area contributed by atoms with Crippen LogP contribution in [0.4, 0.5) is 0 Å². The fourth-order valence-electron chi connectivity index (χ4n) is 2.46. The summed E-state index contributed by atoms with van der Waals surface area (Å²) < 4.78 is 1.37. The monoisotopic (exact) mass is 412 g/mol. The maximum Gasteiger partial charge on any atom is 0.133 e. The summed E-state index contributed by atoms with van der Waals surface area (Å²) >= 11 is 6.78. The first-order valence-corrected chi connectivity index (χ1v) is 8.27. The number of rotatable bonds is 2. The Bertz CT molecular complexity index is 608. The number of hydrogen-bond acceptors (Lipinski definition) is 2. The van der Waals surface area contributed by atoms with Gasteiger partial charge in [-0.2, -0.15) is 0 Å². The van der Waals surface area contributed by atoms with Gasteiger partial charge in [-0.15, -0.1) is 0 Å².